The Morgan fingerprint density at radius 3 is 2.67 bits per heavy atom. The summed E-state index contributed by atoms with van der Waals surface area (Å²) in [7, 11) is 0. The minimum Gasteiger partial charge on any atom is -0.328 e. The van der Waals surface area contributed by atoms with Crippen molar-refractivity contribution < 1.29 is 14.4 Å². The fourth-order valence-electron chi connectivity index (χ4n) is 3.62. The molecular formula is C24H27N3O3. The molecule has 0 radical (unpaired) electrons. The van der Waals surface area contributed by atoms with Gasteiger partial charge in [0.1, 0.15) is 5.78 Å². The van der Waals surface area contributed by atoms with Crippen LogP contribution < -0.4 is 5.32 Å². The molecule has 0 aliphatic carbocycles. The SMILES string of the molecule is C=C(C)C(CCC(=O)CC)N1Cc2cc(NC(=O)c3ccc(C)nc3)ccc2C1=O. The number of nitrogens with one attached hydrogen (secondary N) is 1. The van der Waals surface area contributed by atoms with Gasteiger partial charge < -0.3 is 10.2 Å². The van der Waals surface area contributed by atoms with Gasteiger partial charge in [-0.1, -0.05) is 19.1 Å². The summed E-state index contributed by atoms with van der Waals surface area (Å²) in [5, 5.41) is 2.87. The van der Waals surface area contributed by atoms with E-state index in [2.05, 4.69) is 16.9 Å². The summed E-state index contributed by atoms with van der Waals surface area (Å²) in [4.78, 5) is 43.1. The quantitative estimate of drug-likeness (QED) is 0.664. The van der Waals surface area contributed by atoms with Crippen LogP contribution in [0, 0.1) is 6.92 Å². The number of ketones is 1. The topological polar surface area (TPSA) is 79.4 Å². The lowest BCUT2D eigenvalue weighted by atomic mass is 10.0. The molecule has 1 N–H and O–H groups in total. The zero-order valence-corrected chi connectivity index (χ0v) is 17.7. The lowest BCUT2D eigenvalue weighted by Crippen LogP contribution is -2.36. The Kier molecular flexibility index (Phi) is 6.45. The Balaban J connectivity index is 1.74. The van der Waals surface area contributed by atoms with E-state index in [4.69, 9.17) is 0 Å². The van der Waals surface area contributed by atoms with Crippen molar-refractivity contribution in [3.63, 3.8) is 0 Å². The maximum atomic E-state index is 12.9. The maximum Gasteiger partial charge on any atom is 0.257 e. The van der Waals surface area contributed by atoms with Crippen LogP contribution >= 0.6 is 0 Å². The molecule has 0 saturated heterocycles. The number of hydrogen-bond donors (Lipinski definition) is 1. The zero-order valence-electron chi connectivity index (χ0n) is 17.7. The summed E-state index contributed by atoms with van der Waals surface area (Å²) in [5.74, 6) is -0.134. The highest BCUT2D eigenvalue weighted by molar-refractivity contribution is 6.05. The smallest absolute Gasteiger partial charge is 0.257 e. The third-order valence-corrected chi connectivity index (χ3v) is 5.40. The number of aromatic nitrogens is 1. The Hall–Kier alpha value is -3.28. The summed E-state index contributed by atoms with van der Waals surface area (Å²) in [6.07, 6.45) is 3.04. The van der Waals surface area contributed by atoms with Crippen LogP contribution in [0.5, 0.6) is 0 Å². The molecule has 1 aliphatic rings. The first-order chi connectivity index (χ1) is 14.3. The first kappa shape index (κ1) is 21.4. The monoisotopic (exact) mass is 405 g/mol. The minimum atomic E-state index is -0.249. The van der Waals surface area contributed by atoms with Gasteiger partial charge in [0.15, 0.2) is 0 Å². The highest BCUT2D eigenvalue weighted by atomic mass is 16.2. The van der Waals surface area contributed by atoms with Crippen LogP contribution in [0.25, 0.3) is 0 Å². The molecule has 6 heteroatoms. The van der Waals surface area contributed by atoms with Gasteiger partial charge >= 0.3 is 0 Å². The number of benzene rings is 1. The van der Waals surface area contributed by atoms with Crippen LogP contribution in [0.3, 0.4) is 0 Å². The molecule has 1 aromatic carbocycles. The molecule has 2 amide bonds. The number of rotatable bonds is 8. The standard InChI is InChI=1S/C24H27N3O3/c1-5-20(28)9-11-22(15(2)3)27-14-18-12-19(8-10-21(18)24(27)30)26-23(29)17-7-6-16(4)25-13-17/h6-8,10,12-13,22H,2,5,9,11,14H2,1,3-4H3,(H,26,29). The maximum absolute atomic E-state index is 12.9. The van der Waals surface area contributed by atoms with Gasteiger partial charge in [-0.05, 0) is 56.2 Å². The fraction of sp³-hybridized carbons (Fsp3) is 0.333. The second-order valence-electron chi connectivity index (χ2n) is 7.74. The van der Waals surface area contributed by atoms with E-state index in [9.17, 15) is 14.4 Å². The normalized spacial score (nSPS) is 13.7. The number of pyridine rings is 1. The molecule has 1 atom stereocenters. The van der Waals surface area contributed by atoms with Gasteiger partial charge in [-0.2, -0.15) is 0 Å². The number of Topliss-reactive ketones (excluding diaryl/α,β-unsaturated/α-hetero) is 1. The van der Waals surface area contributed by atoms with Crippen molar-refractivity contribution in [1.82, 2.24) is 9.88 Å². The molecule has 2 aromatic rings. The molecule has 1 aromatic heterocycles. The summed E-state index contributed by atoms with van der Waals surface area (Å²) in [6, 6.07) is 8.64. The van der Waals surface area contributed by atoms with Crippen molar-refractivity contribution in [3.05, 3.63) is 71.1 Å². The van der Waals surface area contributed by atoms with Crippen molar-refractivity contribution in [2.75, 3.05) is 5.32 Å². The molecule has 0 saturated carbocycles. The van der Waals surface area contributed by atoms with Crippen molar-refractivity contribution in [2.24, 2.45) is 0 Å². The first-order valence-corrected chi connectivity index (χ1v) is 10.1. The number of carbonyl (C=O) groups excluding carboxylic acids is 3. The van der Waals surface area contributed by atoms with E-state index in [0.29, 0.717) is 42.6 Å². The van der Waals surface area contributed by atoms with Crippen molar-refractivity contribution in [3.8, 4) is 0 Å². The van der Waals surface area contributed by atoms with Gasteiger partial charge in [0.2, 0.25) is 0 Å². The fourth-order valence-corrected chi connectivity index (χ4v) is 3.62. The van der Waals surface area contributed by atoms with Crippen LogP contribution in [-0.4, -0.2) is 33.5 Å². The van der Waals surface area contributed by atoms with Crippen molar-refractivity contribution in [1.29, 1.82) is 0 Å². The Morgan fingerprint density at radius 2 is 2.03 bits per heavy atom. The second-order valence-corrected chi connectivity index (χ2v) is 7.74. The molecule has 0 spiro atoms. The number of carbonyl (C=O) groups is 3. The average molecular weight is 405 g/mol. The predicted octanol–water partition coefficient (Wildman–Crippen LogP) is 4.30. The zero-order chi connectivity index (χ0) is 21.8. The van der Waals surface area contributed by atoms with E-state index in [1.165, 1.54) is 0 Å². The summed E-state index contributed by atoms with van der Waals surface area (Å²) < 4.78 is 0. The molecule has 3 rings (SSSR count). The average Bonchev–Trinajstić information content (AvgIpc) is 3.03. The summed E-state index contributed by atoms with van der Waals surface area (Å²) in [6.45, 7) is 10.1. The first-order valence-electron chi connectivity index (χ1n) is 10.1. The Labute approximate surface area is 177 Å². The molecule has 6 nitrogen and oxygen atoms in total. The molecule has 0 bridgehead atoms. The van der Waals surface area contributed by atoms with Gasteiger partial charge in [-0.25, -0.2) is 0 Å². The van der Waals surface area contributed by atoms with E-state index in [-0.39, 0.29) is 23.6 Å². The number of amides is 2. The van der Waals surface area contributed by atoms with E-state index < -0.39 is 0 Å². The number of fused-ring (bicyclic) bond motifs is 1. The van der Waals surface area contributed by atoms with E-state index in [1.807, 2.05) is 26.8 Å². The van der Waals surface area contributed by atoms with E-state index >= 15 is 0 Å². The molecule has 156 valence electrons. The lowest BCUT2D eigenvalue weighted by molar-refractivity contribution is -0.119. The van der Waals surface area contributed by atoms with E-state index in [0.717, 1.165) is 16.8 Å². The number of aryl methyl sites for hydroxylation is 1. The summed E-state index contributed by atoms with van der Waals surface area (Å²) >= 11 is 0. The molecular weight excluding hydrogens is 378 g/mol. The predicted molar refractivity (Wildman–Crippen MR) is 116 cm³/mol. The summed E-state index contributed by atoms with van der Waals surface area (Å²) in [5.41, 5.74) is 4.28. The van der Waals surface area contributed by atoms with Crippen LogP contribution in [-0.2, 0) is 11.3 Å². The van der Waals surface area contributed by atoms with Crippen LogP contribution in [0.1, 0.15) is 65.1 Å². The van der Waals surface area contributed by atoms with Gasteiger partial charge in [-0.15, -0.1) is 0 Å². The molecule has 0 fully saturated rings. The van der Waals surface area contributed by atoms with Crippen LogP contribution in [0.4, 0.5) is 5.69 Å². The Morgan fingerprint density at radius 1 is 1.27 bits per heavy atom. The Bertz CT molecular complexity index is 995. The molecule has 1 unspecified atom stereocenters. The minimum absolute atomic E-state index is 0.0671. The van der Waals surface area contributed by atoms with Crippen molar-refractivity contribution in [2.45, 2.75) is 52.6 Å². The second kappa shape index (κ2) is 9.03. The van der Waals surface area contributed by atoms with E-state index in [1.54, 1.807) is 35.4 Å². The molecule has 1 aliphatic heterocycles. The highest BCUT2D eigenvalue weighted by Gasteiger charge is 2.33. The van der Waals surface area contributed by atoms with Gasteiger partial charge in [0.25, 0.3) is 11.8 Å². The third-order valence-electron chi connectivity index (χ3n) is 5.40. The van der Waals surface area contributed by atoms with Gasteiger partial charge in [0.05, 0.1) is 11.6 Å². The number of hydrogen-bond acceptors (Lipinski definition) is 4. The highest BCUT2D eigenvalue weighted by Crippen LogP contribution is 2.30. The van der Waals surface area contributed by atoms with Gasteiger partial charge in [0, 0.05) is 42.5 Å². The number of anilines is 1. The van der Waals surface area contributed by atoms with Crippen molar-refractivity contribution >= 4 is 23.3 Å². The number of nitrogens with zero attached hydrogens (tertiary/aromatic N) is 2. The van der Waals surface area contributed by atoms with Crippen LogP contribution in [0.2, 0.25) is 0 Å². The molecule has 2 heterocycles. The molecule has 30 heavy (non-hydrogen) atoms. The van der Waals surface area contributed by atoms with Crippen LogP contribution in [0.15, 0.2) is 48.7 Å². The lowest BCUT2D eigenvalue weighted by Gasteiger charge is -2.28. The third kappa shape index (κ3) is 4.64. The largest absolute Gasteiger partial charge is 0.328 e. The van der Waals surface area contributed by atoms with Gasteiger partial charge in [-0.3, -0.25) is 19.4 Å².